The van der Waals surface area contributed by atoms with Gasteiger partial charge in [-0.3, -0.25) is 0 Å². The first-order valence-corrected chi connectivity index (χ1v) is 7.61. The molecule has 0 saturated carbocycles. The Morgan fingerprint density at radius 3 is 2.89 bits per heavy atom. The molecule has 8 heteroatoms. The van der Waals surface area contributed by atoms with E-state index in [1.807, 2.05) is 7.05 Å². The Morgan fingerprint density at radius 2 is 2.28 bits per heavy atom. The molecular weight excluding hydrogens is 256 g/mol. The van der Waals surface area contributed by atoms with Crippen LogP contribution in [0.3, 0.4) is 0 Å². The predicted octanol–water partition coefficient (Wildman–Crippen LogP) is -1.57. The Bertz CT molecular complexity index is 336. The molecule has 0 aromatic rings. The average Bonchev–Trinajstić information content (AvgIpc) is 2.33. The number of morpholine rings is 1. The highest BCUT2D eigenvalue weighted by molar-refractivity contribution is 7.87. The molecule has 1 fully saturated rings. The summed E-state index contributed by atoms with van der Waals surface area (Å²) in [6.07, 6.45) is 0.571. The monoisotopic (exact) mass is 280 g/mol. The second kappa shape index (κ2) is 7.37. The molecule has 1 saturated heterocycles. The van der Waals surface area contributed by atoms with Gasteiger partial charge in [0, 0.05) is 33.2 Å². The van der Waals surface area contributed by atoms with Crippen LogP contribution in [0.4, 0.5) is 0 Å². The molecule has 18 heavy (non-hydrogen) atoms. The smallest absolute Gasteiger partial charge is 0.279 e. The second-order valence-electron chi connectivity index (χ2n) is 4.57. The Morgan fingerprint density at radius 1 is 1.56 bits per heavy atom. The third-order valence-electron chi connectivity index (χ3n) is 2.92. The lowest BCUT2D eigenvalue weighted by Gasteiger charge is -2.30. The van der Waals surface area contributed by atoms with E-state index in [4.69, 9.17) is 10.5 Å². The predicted molar refractivity (Wildman–Crippen MR) is 70.5 cm³/mol. The minimum absolute atomic E-state index is 0.0820. The number of nitrogens with zero attached hydrogens (tertiary/aromatic N) is 2. The summed E-state index contributed by atoms with van der Waals surface area (Å²) in [5, 5.41) is 0. The van der Waals surface area contributed by atoms with Gasteiger partial charge in [-0.25, -0.2) is 0 Å². The van der Waals surface area contributed by atoms with Crippen LogP contribution in [0.15, 0.2) is 0 Å². The second-order valence-corrected chi connectivity index (χ2v) is 6.43. The summed E-state index contributed by atoms with van der Waals surface area (Å²) in [7, 11) is 0.125. The van der Waals surface area contributed by atoms with Crippen LogP contribution in [0.5, 0.6) is 0 Å². The molecule has 0 aromatic carbocycles. The highest BCUT2D eigenvalue weighted by Gasteiger charge is 2.22. The molecule has 0 aliphatic carbocycles. The summed E-state index contributed by atoms with van der Waals surface area (Å²) >= 11 is 0. The van der Waals surface area contributed by atoms with E-state index in [9.17, 15) is 8.42 Å². The highest BCUT2D eigenvalue weighted by atomic mass is 32.2. The molecule has 0 radical (unpaired) electrons. The van der Waals surface area contributed by atoms with Gasteiger partial charge in [0.05, 0.1) is 12.7 Å². The van der Waals surface area contributed by atoms with Crippen molar-refractivity contribution in [2.75, 3.05) is 53.4 Å². The van der Waals surface area contributed by atoms with Gasteiger partial charge in [-0.05, 0) is 20.0 Å². The maximum absolute atomic E-state index is 11.9. The van der Waals surface area contributed by atoms with E-state index < -0.39 is 10.2 Å². The van der Waals surface area contributed by atoms with Crippen molar-refractivity contribution in [1.82, 2.24) is 13.9 Å². The van der Waals surface area contributed by atoms with E-state index in [1.54, 1.807) is 7.05 Å². The summed E-state index contributed by atoms with van der Waals surface area (Å²) in [6, 6.07) is 0. The molecule has 7 nitrogen and oxygen atoms in total. The summed E-state index contributed by atoms with van der Waals surface area (Å²) in [5.74, 6) is 0. The van der Waals surface area contributed by atoms with Crippen molar-refractivity contribution in [3.05, 3.63) is 0 Å². The van der Waals surface area contributed by atoms with Crippen molar-refractivity contribution < 1.29 is 13.2 Å². The first-order chi connectivity index (χ1) is 8.45. The van der Waals surface area contributed by atoms with Crippen LogP contribution in [0, 0.1) is 0 Å². The molecule has 1 rings (SSSR count). The number of hydrogen-bond acceptors (Lipinski definition) is 5. The van der Waals surface area contributed by atoms with Gasteiger partial charge in [-0.1, -0.05) is 0 Å². The van der Waals surface area contributed by atoms with E-state index in [0.717, 1.165) is 13.1 Å². The maximum Gasteiger partial charge on any atom is 0.279 e. The van der Waals surface area contributed by atoms with Crippen LogP contribution in [-0.2, 0) is 14.9 Å². The summed E-state index contributed by atoms with van der Waals surface area (Å²) < 4.78 is 33.1. The van der Waals surface area contributed by atoms with Gasteiger partial charge >= 0.3 is 0 Å². The molecule has 3 N–H and O–H groups in total. The average molecular weight is 280 g/mol. The van der Waals surface area contributed by atoms with Gasteiger partial charge in [0.15, 0.2) is 0 Å². The topological polar surface area (TPSA) is 87.9 Å². The minimum Gasteiger partial charge on any atom is -0.374 e. The number of likely N-dealkylation sites (N-methyl/N-ethyl adjacent to an activating group) is 1. The molecule has 0 aromatic heterocycles. The van der Waals surface area contributed by atoms with Crippen molar-refractivity contribution in [3.63, 3.8) is 0 Å². The number of nitrogens with two attached hydrogens (primary N) is 1. The maximum atomic E-state index is 11.9. The molecule has 1 aliphatic heterocycles. The standard InChI is InChI=1S/C10H24N4O3S/c1-13-6-7-17-10(9-13)8-12-18(15,16)14(2)5-3-4-11/h10,12H,3-9,11H2,1-2H3. The van der Waals surface area contributed by atoms with Crippen molar-refractivity contribution in [1.29, 1.82) is 0 Å². The van der Waals surface area contributed by atoms with Crippen LogP contribution in [0.2, 0.25) is 0 Å². The molecule has 0 spiro atoms. The number of nitrogens with one attached hydrogen (secondary N) is 1. The molecule has 108 valence electrons. The zero-order chi connectivity index (χ0) is 13.6. The summed E-state index contributed by atoms with van der Waals surface area (Å²) in [4.78, 5) is 2.13. The lowest BCUT2D eigenvalue weighted by Crippen LogP contribution is -2.48. The first-order valence-electron chi connectivity index (χ1n) is 6.17. The normalized spacial score (nSPS) is 22.6. The van der Waals surface area contributed by atoms with Crippen LogP contribution in [0.1, 0.15) is 6.42 Å². The largest absolute Gasteiger partial charge is 0.374 e. The molecule has 1 atom stereocenters. The Labute approximate surface area is 109 Å². The van der Waals surface area contributed by atoms with Gasteiger partial charge in [0.2, 0.25) is 0 Å². The fourth-order valence-electron chi connectivity index (χ4n) is 1.73. The van der Waals surface area contributed by atoms with Gasteiger partial charge in [0.25, 0.3) is 10.2 Å². The molecule has 1 aliphatic rings. The Balaban J connectivity index is 2.36. The minimum atomic E-state index is -3.42. The molecule has 0 bridgehead atoms. The van der Waals surface area contributed by atoms with Crippen LogP contribution in [-0.4, -0.2) is 77.2 Å². The lowest BCUT2D eigenvalue weighted by atomic mass is 10.3. The summed E-state index contributed by atoms with van der Waals surface area (Å²) in [5.41, 5.74) is 5.36. The zero-order valence-corrected chi connectivity index (χ0v) is 11.9. The van der Waals surface area contributed by atoms with Crippen molar-refractivity contribution >= 4 is 10.2 Å². The van der Waals surface area contributed by atoms with Crippen LogP contribution < -0.4 is 10.5 Å². The third kappa shape index (κ3) is 5.17. The van der Waals surface area contributed by atoms with Crippen LogP contribution >= 0.6 is 0 Å². The van der Waals surface area contributed by atoms with E-state index >= 15 is 0 Å². The lowest BCUT2D eigenvalue weighted by molar-refractivity contribution is -0.0157. The molecule has 1 heterocycles. The first kappa shape index (κ1) is 15.8. The van der Waals surface area contributed by atoms with E-state index in [2.05, 4.69) is 9.62 Å². The number of ether oxygens (including phenoxy) is 1. The van der Waals surface area contributed by atoms with E-state index in [1.165, 1.54) is 4.31 Å². The van der Waals surface area contributed by atoms with E-state index in [0.29, 0.717) is 32.7 Å². The van der Waals surface area contributed by atoms with Crippen molar-refractivity contribution in [2.45, 2.75) is 12.5 Å². The summed E-state index contributed by atoms with van der Waals surface area (Å²) in [6.45, 7) is 3.49. The third-order valence-corrected chi connectivity index (χ3v) is 4.46. The SMILES string of the molecule is CN1CCOC(CNS(=O)(=O)N(C)CCCN)C1. The Hall–Kier alpha value is -0.250. The fourth-order valence-corrected chi connectivity index (χ4v) is 2.72. The van der Waals surface area contributed by atoms with Gasteiger partial charge < -0.3 is 15.4 Å². The number of hydrogen-bond donors (Lipinski definition) is 2. The molecule has 1 unspecified atom stereocenters. The molecule has 0 amide bonds. The van der Waals surface area contributed by atoms with Gasteiger partial charge in [0.1, 0.15) is 0 Å². The zero-order valence-electron chi connectivity index (χ0n) is 11.1. The molecular formula is C10H24N4O3S. The van der Waals surface area contributed by atoms with Crippen molar-refractivity contribution in [2.24, 2.45) is 5.73 Å². The highest BCUT2D eigenvalue weighted by Crippen LogP contribution is 2.03. The quantitative estimate of drug-likeness (QED) is 0.588. The van der Waals surface area contributed by atoms with Crippen LogP contribution in [0.25, 0.3) is 0 Å². The van der Waals surface area contributed by atoms with Gasteiger partial charge in [-0.2, -0.15) is 17.4 Å². The van der Waals surface area contributed by atoms with Gasteiger partial charge in [-0.15, -0.1) is 0 Å². The number of rotatable bonds is 7. The fraction of sp³-hybridized carbons (Fsp3) is 1.00. The van der Waals surface area contributed by atoms with Crippen molar-refractivity contribution in [3.8, 4) is 0 Å². The van der Waals surface area contributed by atoms with E-state index in [-0.39, 0.29) is 6.10 Å². The Kier molecular flexibility index (Phi) is 6.47.